The van der Waals surface area contributed by atoms with Gasteiger partial charge in [0.1, 0.15) is 23.9 Å². The number of Topliss-reactive ketones (excluding diaryl/α,β-unsaturated/α-hetero) is 1. The van der Waals surface area contributed by atoms with E-state index in [9.17, 15) is 39.3 Å². The van der Waals surface area contributed by atoms with Crippen molar-refractivity contribution in [2.45, 2.75) is 122 Å². The number of benzene rings is 1. The highest BCUT2D eigenvalue weighted by atomic mass is 16.8. The fourth-order valence-corrected chi connectivity index (χ4v) is 9.68. The summed E-state index contributed by atoms with van der Waals surface area (Å²) in [7, 11) is 1.06. The van der Waals surface area contributed by atoms with Gasteiger partial charge in [-0.3, -0.25) is 14.4 Å². The number of fused-ring (bicyclic) bond motifs is 5. The first-order chi connectivity index (χ1) is 27.9. The molecule has 1 aromatic carbocycles. The molecule has 0 radical (unpaired) electrons. The number of carbonyl (C=O) groups is 6. The molecular formula is C43H53NO16. The lowest BCUT2D eigenvalue weighted by Crippen LogP contribution is -2.82. The molecule has 17 nitrogen and oxygen atoms in total. The summed E-state index contributed by atoms with van der Waals surface area (Å²) in [5, 5.41) is 39.9. The zero-order valence-corrected chi connectivity index (χ0v) is 35.0. The zero-order chi connectivity index (χ0) is 44.3. The Labute approximate surface area is 346 Å². The highest BCUT2D eigenvalue weighted by molar-refractivity contribution is 5.96. The van der Waals surface area contributed by atoms with Crippen LogP contribution in [0.1, 0.15) is 89.1 Å². The van der Waals surface area contributed by atoms with E-state index < -0.39 is 118 Å². The monoisotopic (exact) mass is 839 g/mol. The number of nitrogens with one attached hydrogen (secondary N) is 1. The molecule has 4 aliphatic rings. The molecule has 0 spiro atoms. The lowest BCUT2D eigenvalue weighted by Gasteiger charge is -2.67. The number of hydrogen-bond acceptors (Lipinski definition) is 16. The lowest BCUT2D eigenvalue weighted by atomic mass is 9.44. The van der Waals surface area contributed by atoms with E-state index >= 15 is 4.79 Å². The first kappa shape index (κ1) is 44.5. The quantitative estimate of drug-likeness (QED) is 0.161. The Bertz CT molecular complexity index is 2050. The van der Waals surface area contributed by atoms with Gasteiger partial charge in [-0.2, -0.15) is 0 Å². The smallest absolute Gasteiger partial charge is 0.459 e. The molecule has 17 heteroatoms. The molecule has 1 saturated heterocycles. The molecule has 6 rings (SSSR count). The van der Waals surface area contributed by atoms with Crippen molar-refractivity contribution < 1.29 is 76.9 Å². The zero-order valence-electron chi connectivity index (χ0n) is 35.0. The molecule has 11 atom stereocenters. The Morgan fingerprint density at radius 2 is 1.65 bits per heavy atom. The Balaban J connectivity index is 1.55. The first-order valence-corrected chi connectivity index (χ1v) is 19.7. The highest BCUT2D eigenvalue weighted by Gasteiger charge is 2.78. The molecular weight excluding hydrogens is 786 g/mol. The number of ketones is 1. The summed E-state index contributed by atoms with van der Waals surface area (Å²) in [6, 6.07) is 9.41. The van der Waals surface area contributed by atoms with E-state index in [4.69, 9.17) is 32.8 Å². The van der Waals surface area contributed by atoms with Crippen LogP contribution in [0.2, 0.25) is 0 Å². The van der Waals surface area contributed by atoms with E-state index in [-0.39, 0.29) is 35.5 Å². The van der Waals surface area contributed by atoms with Crippen LogP contribution in [0.25, 0.3) is 0 Å². The summed E-state index contributed by atoms with van der Waals surface area (Å²) in [6.07, 6.45) is -10.7. The normalized spacial score (nSPS) is 32.9. The Morgan fingerprint density at radius 1 is 0.983 bits per heavy atom. The maximum Gasteiger partial charge on any atom is 0.508 e. The van der Waals surface area contributed by atoms with Gasteiger partial charge in [-0.25, -0.2) is 14.4 Å². The average Bonchev–Trinajstić information content (AvgIpc) is 3.73. The van der Waals surface area contributed by atoms with Crippen molar-refractivity contribution in [2.75, 3.05) is 13.7 Å². The molecule has 2 bridgehead atoms. The van der Waals surface area contributed by atoms with Gasteiger partial charge in [0.15, 0.2) is 29.4 Å². The standard InChI is InChI=1S/C43H53NO16/c1-21-25(58-37(51)29(47)32(39(3,4)5)44-35(49)24-16-13-17-55-24)19-43(53)34(59-36(50)23-14-11-10-12-15-23)31-41(8,33(48)30(57-22(2)45)28(21)40(43,6)7)26(46)18-27-42(31,20-56-27)60-38(52)54-9/h10-17,25-27,29-32,34,46-47,53H,18-20H2,1-9H3,(H,44,49)/t25-,26-,27+,29+,30+,31?,32+,34?,41+,42-,43+/m0/s1. The third-order valence-electron chi connectivity index (χ3n) is 13.1. The SMILES string of the molecule is COC(=O)O[C@@]12CO[C@@H]1C[C@H](O)[C@@]1(C)C(=O)[C@H](OC(C)=O)C3=C(C)[C@@H](OC(=O)[C@H](O)[C@@H](NC(=O)c4ccco4)C(C)(C)C)C[C@@](O)(C(OC(=O)c4ccccc4)C12)C3(C)C. The second kappa shape index (κ2) is 15.7. The van der Waals surface area contributed by atoms with Crippen molar-refractivity contribution in [1.82, 2.24) is 5.32 Å². The molecule has 326 valence electrons. The molecule has 1 aromatic heterocycles. The Hall–Kier alpha value is -5.10. The molecule has 1 aliphatic heterocycles. The number of methoxy groups -OCH3 is 1. The van der Waals surface area contributed by atoms with Gasteiger partial charge in [0.2, 0.25) is 0 Å². The Morgan fingerprint density at radius 3 is 2.20 bits per heavy atom. The summed E-state index contributed by atoms with van der Waals surface area (Å²) in [5.41, 5.74) is -8.87. The third kappa shape index (κ3) is 7.18. The van der Waals surface area contributed by atoms with Crippen LogP contribution < -0.4 is 5.32 Å². The van der Waals surface area contributed by atoms with Crippen LogP contribution in [0.15, 0.2) is 64.3 Å². The molecule has 4 N–H and O–H groups in total. The number of aliphatic hydroxyl groups is 3. The fourth-order valence-electron chi connectivity index (χ4n) is 9.68. The summed E-state index contributed by atoms with van der Waals surface area (Å²) >= 11 is 0. The number of esters is 3. The second-order valence-corrected chi connectivity index (χ2v) is 17.9. The average molecular weight is 840 g/mol. The van der Waals surface area contributed by atoms with Gasteiger partial charge in [0, 0.05) is 25.2 Å². The number of rotatable bonds is 9. The Kier molecular flexibility index (Phi) is 11.7. The maximum absolute atomic E-state index is 15.4. The summed E-state index contributed by atoms with van der Waals surface area (Å²) in [4.78, 5) is 82.9. The van der Waals surface area contributed by atoms with Crippen LogP contribution >= 0.6 is 0 Å². The van der Waals surface area contributed by atoms with E-state index in [1.54, 1.807) is 39.0 Å². The maximum atomic E-state index is 15.4. The van der Waals surface area contributed by atoms with Crippen molar-refractivity contribution >= 4 is 35.8 Å². The van der Waals surface area contributed by atoms with Crippen LogP contribution in [-0.4, -0.2) is 119 Å². The number of carbonyl (C=O) groups excluding carboxylic acids is 6. The number of ether oxygens (including phenoxy) is 6. The van der Waals surface area contributed by atoms with Crippen LogP contribution in [0.3, 0.4) is 0 Å². The predicted octanol–water partition coefficient (Wildman–Crippen LogP) is 3.22. The minimum Gasteiger partial charge on any atom is -0.459 e. The van der Waals surface area contributed by atoms with Crippen molar-refractivity contribution in [3.63, 3.8) is 0 Å². The topological polar surface area (TPSA) is 244 Å². The third-order valence-corrected chi connectivity index (χ3v) is 13.1. The summed E-state index contributed by atoms with van der Waals surface area (Å²) < 4.78 is 40.1. The van der Waals surface area contributed by atoms with Crippen molar-refractivity contribution in [3.05, 3.63) is 71.2 Å². The van der Waals surface area contributed by atoms with E-state index in [1.807, 2.05) is 0 Å². The summed E-state index contributed by atoms with van der Waals surface area (Å²) in [5.74, 6) is -6.41. The van der Waals surface area contributed by atoms with Gasteiger partial charge >= 0.3 is 24.1 Å². The van der Waals surface area contributed by atoms with Crippen molar-refractivity contribution in [1.29, 1.82) is 0 Å². The molecule has 2 saturated carbocycles. The molecule has 2 unspecified atom stereocenters. The van der Waals surface area contributed by atoms with Crippen molar-refractivity contribution in [2.24, 2.45) is 22.2 Å². The van der Waals surface area contributed by atoms with Gasteiger partial charge in [-0.1, -0.05) is 52.8 Å². The minimum atomic E-state index is -2.42. The highest BCUT2D eigenvalue weighted by Crippen LogP contribution is 2.64. The lowest BCUT2D eigenvalue weighted by molar-refractivity contribution is -0.344. The summed E-state index contributed by atoms with van der Waals surface area (Å²) in [6.45, 7) is 11.7. The van der Waals surface area contributed by atoms with Crippen molar-refractivity contribution in [3.8, 4) is 0 Å². The molecule has 1 amide bonds. The van der Waals surface area contributed by atoms with Crippen LogP contribution in [-0.2, 0) is 42.8 Å². The van der Waals surface area contributed by atoms with E-state index in [0.29, 0.717) is 0 Å². The van der Waals surface area contributed by atoms with Crippen LogP contribution in [0, 0.1) is 22.2 Å². The molecule has 60 heavy (non-hydrogen) atoms. The predicted molar refractivity (Wildman–Crippen MR) is 206 cm³/mol. The van der Waals surface area contributed by atoms with E-state index in [1.165, 1.54) is 58.2 Å². The molecule has 3 aliphatic carbocycles. The number of hydrogen-bond donors (Lipinski definition) is 4. The van der Waals surface area contributed by atoms with Crippen LogP contribution in [0.5, 0.6) is 0 Å². The first-order valence-electron chi connectivity index (χ1n) is 19.7. The molecule has 3 fully saturated rings. The van der Waals surface area contributed by atoms with E-state index in [2.05, 4.69) is 5.32 Å². The van der Waals surface area contributed by atoms with Gasteiger partial charge in [-0.05, 0) is 54.7 Å². The fraction of sp³-hybridized carbons (Fsp3) is 0.581. The van der Waals surface area contributed by atoms with Gasteiger partial charge in [0.05, 0.1) is 49.0 Å². The number of aliphatic hydroxyl groups excluding tert-OH is 2. The van der Waals surface area contributed by atoms with Gasteiger partial charge in [0.25, 0.3) is 5.91 Å². The number of furan rings is 1. The minimum absolute atomic E-state index is 0.0233. The van der Waals surface area contributed by atoms with Gasteiger partial charge in [-0.15, -0.1) is 0 Å². The van der Waals surface area contributed by atoms with Crippen LogP contribution in [0.4, 0.5) is 4.79 Å². The second-order valence-electron chi connectivity index (χ2n) is 17.9. The number of amides is 1. The van der Waals surface area contributed by atoms with Gasteiger partial charge < -0.3 is 53.5 Å². The van der Waals surface area contributed by atoms with E-state index in [0.717, 1.165) is 14.0 Å². The largest absolute Gasteiger partial charge is 0.508 e. The molecule has 2 aromatic rings. The molecule has 2 heterocycles.